The minimum absolute atomic E-state index is 0.824. The van der Waals surface area contributed by atoms with E-state index in [9.17, 15) is 0 Å². The summed E-state index contributed by atoms with van der Waals surface area (Å²) in [6.07, 6.45) is 13.7. The zero-order valence-corrected chi connectivity index (χ0v) is 11.7. The molecule has 0 atom stereocenters. The highest BCUT2D eigenvalue weighted by atomic mass is 79.9. The molecule has 0 amide bonds. The van der Waals surface area contributed by atoms with Crippen LogP contribution in [0.2, 0.25) is 0 Å². The van der Waals surface area contributed by atoms with Crippen molar-refractivity contribution in [3.8, 4) is 11.8 Å². The van der Waals surface area contributed by atoms with E-state index in [1.54, 1.807) is 0 Å². The number of hydrogen-bond donors (Lipinski definition) is 0. The van der Waals surface area contributed by atoms with Crippen LogP contribution in [-0.4, -0.2) is 5.33 Å². The number of unbranched alkanes of at least 4 members (excludes halogenated alkanes) is 9. The van der Waals surface area contributed by atoms with Gasteiger partial charge >= 0.3 is 0 Å². The van der Waals surface area contributed by atoms with Crippen molar-refractivity contribution in [2.24, 2.45) is 0 Å². The molecule has 88 valence electrons. The zero-order valence-electron chi connectivity index (χ0n) is 10.2. The Hall–Kier alpha value is 0.0400. The molecule has 0 aromatic rings. The fourth-order valence-electron chi connectivity index (χ4n) is 1.66. The van der Waals surface area contributed by atoms with Crippen molar-refractivity contribution in [3.05, 3.63) is 0 Å². The van der Waals surface area contributed by atoms with Gasteiger partial charge in [0.1, 0.15) is 0 Å². The Morgan fingerprint density at radius 2 is 1.27 bits per heavy atom. The van der Waals surface area contributed by atoms with Crippen molar-refractivity contribution in [2.45, 2.75) is 71.1 Å². The number of hydrogen-bond acceptors (Lipinski definition) is 0. The quantitative estimate of drug-likeness (QED) is 0.303. The van der Waals surface area contributed by atoms with Crippen LogP contribution in [0.4, 0.5) is 0 Å². The molecular weight excluding hydrogens is 248 g/mol. The second-order valence-electron chi connectivity index (χ2n) is 4.07. The Balaban J connectivity index is 2.92. The van der Waals surface area contributed by atoms with Crippen molar-refractivity contribution in [1.82, 2.24) is 0 Å². The van der Waals surface area contributed by atoms with Crippen molar-refractivity contribution in [3.63, 3.8) is 0 Å². The topological polar surface area (TPSA) is 0 Å². The van der Waals surface area contributed by atoms with Crippen LogP contribution in [0.15, 0.2) is 0 Å². The summed E-state index contributed by atoms with van der Waals surface area (Å²) in [5, 5.41) is 0.824. The first-order valence-corrected chi connectivity index (χ1v) is 7.55. The Morgan fingerprint density at radius 1 is 0.733 bits per heavy atom. The summed E-state index contributed by atoms with van der Waals surface area (Å²) in [6.45, 7) is 2.27. The van der Waals surface area contributed by atoms with E-state index in [0.717, 1.165) is 11.8 Å². The normalized spacial score (nSPS) is 9.73. The highest BCUT2D eigenvalue weighted by Gasteiger charge is 1.90. The minimum Gasteiger partial charge on any atom is -0.102 e. The van der Waals surface area contributed by atoms with Gasteiger partial charge in [0.15, 0.2) is 0 Å². The first-order chi connectivity index (χ1) is 7.41. The molecule has 15 heavy (non-hydrogen) atoms. The predicted molar refractivity (Wildman–Crippen MR) is 73.4 cm³/mol. The number of alkyl halides is 1. The van der Waals surface area contributed by atoms with Crippen LogP contribution in [0.25, 0.3) is 0 Å². The molecule has 0 bridgehead atoms. The second kappa shape index (κ2) is 14.0. The van der Waals surface area contributed by atoms with Crippen molar-refractivity contribution in [2.75, 3.05) is 5.33 Å². The molecular formula is C14H25Br. The molecule has 0 nitrogen and oxygen atoms in total. The molecule has 1 heteroatoms. The van der Waals surface area contributed by atoms with Gasteiger partial charge in [-0.25, -0.2) is 0 Å². The van der Waals surface area contributed by atoms with Gasteiger partial charge in [0.2, 0.25) is 0 Å². The van der Waals surface area contributed by atoms with Gasteiger partial charge in [0.05, 0.1) is 5.33 Å². The lowest BCUT2D eigenvalue weighted by atomic mass is 10.1. The van der Waals surface area contributed by atoms with Gasteiger partial charge in [-0.3, -0.25) is 0 Å². The van der Waals surface area contributed by atoms with Crippen LogP contribution in [-0.2, 0) is 0 Å². The van der Waals surface area contributed by atoms with Crippen molar-refractivity contribution >= 4 is 15.9 Å². The van der Waals surface area contributed by atoms with Crippen LogP contribution in [0.5, 0.6) is 0 Å². The van der Waals surface area contributed by atoms with Crippen LogP contribution in [0.1, 0.15) is 71.1 Å². The lowest BCUT2D eigenvalue weighted by Gasteiger charge is -1.99. The predicted octanol–water partition coefficient (Wildman–Crippen LogP) is 5.31. The molecule has 0 saturated heterocycles. The number of rotatable bonds is 9. The van der Waals surface area contributed by atoms with Gasteiger partial charge in [0.25, 0.3) is 0 Å². The largest absolute Gasteiger partial charge is 0.102 e. The van der Waals surface area contributed by atoms with Crippen molar-refractivity contribution in [1.29, 1.82) is 0 Å². The summed E-state index contributed by atoms with van der Waals surface area (Å²) in [4.78, 5) is 0. The smallest absolute Gasteiger partial charge is 0.0645 e. The molecule has 0 unspecified atom stereocenters. The second-order valence-corrected chi connectivity index (χ2v) is 4.63. The summed E-state index contributed by atoms with van der Waals surface area (Å²) >= 11 is 3.30. The lowest BCUT2D eigenvalue weighted by molar-refractivity contribution is 0.567. The third-order valence-corrected chi connectivity index (χ3v) is 2.88. The van der Waals surface area contributed by atoms with Gasteiger partial charge in [-0.1, -0.05) is 80.1 Å². The van der Waals surface area contributed by atoms with Crippen LogP contribution in [0.3, 0.4) is 0 Å². The Morgan fingerprint density at radius 3 is 1.80 bits per heavy atom. The highest BCUT2D eigenvalue weighted by Crippen LogP contribution is 2.10. The van der Waals surface area contributed by atoms with E-state index in [4.69, 9.17) is 0 Å². The van der Waals surface area contributed by atoms with Gasteiger partial charge in [-0.05, 0) is 6.42 Å². The molecule has 0 aromatic carbocycles. The first kappa shape index (κ1) is 15.0. The maximum Gasteiger partial charge on any atom is 0.0645 e. The summed E-state index contributed by atoms with van der Waals surface area (Å²) < 4.78 is 0. The molecule has 0 aromatic heterocycles. The maximum atomic E-state index is 3.30. The lowest BCUT2D eigenvalue weighted by Crippen LogP contribution is -1.80. The molecule has 0 rings (SSSR count). The van der Waals surface area contributed by atoms with E-state index in [2.05, 4.69) is 34.7 Å². The van der Waals surface area contributed by atoms with Crippen LogP contribution >= 0.6 is 15.9 Å². The minimum atomic E-state index is 0.824. The maximum absolute atomic E-state index is 3.30. The summed E-state index contributed by atoms with van der Waals surface area (Å²) in [6, 6.07) is 0. The van der Waals surface area contributed by atoms with Crippen LogP contribution < -0.4 is 0 Å². The van der Waals surface area contributed by atoms with E-state index in [0.29, 0.717) is 0 Å². The zero-order chi connectivity index (χ0) is 11.2. The first-order valence-electron chi connectivity index (χ1n) is 6.43. The third-order valence-electron chi connectivity index (χ3n) is 2.60. The standard InChI is InChI=1S/C14H25Br/c1-2-3-4-5-6-7-8-9-10-11-12-13-14-15/h2-11,14H2,1H3. The van der Waals surface area contributed by atoms with Gasteiger partial charge in [-0.2, -0.15) is 0 Å². The van der Waals surface area contributed by atoms with E-state index in [1.807, 2.05) is 0 Å². The monoisotopic (exact) mass is 272 g/mol. The molecule has 0 radical (unpaired) electrons. The molecule has 0 saturated carbocycles. The molecule has 0 fully saturated rings. The fourth-order valence-corrected chi connectivity index (χ4v) is 1.86. The SMILES string of the molecule is CCCCCCCCCCCC#CCBr. The molecule has 0 spiro atoms. The molecule has 0 heterocycles. The van der Waals surface area contributed by atoms with Gasteiger partial charge in [0, 0.05) is 6.42 Å². The van der Waals surface area contributed by atoms with E-state index < -0.39 is 0 Å². The Bertz CT molecular complexity index is 164. The van der Waals surface area contributed by atoms with Crippen LogP contribution in [0, 0.1) is 11.8 Å². The Labute approximate surface area is 104 Å². The molecule has 0 N–H and O–H groups in total. The van der Waals surface area contributed by atoms with Gasteiger partial charge < -0.3 is 0 Å². The average molecular weight is 273 g/mol. The summed E-state index contributed by atoms with van der Waals surface area (Å²) in [5.41, 5.74) is 0. The Kier molecular flexibility index (Phi) is 14.1. The molecule has 0 aliphatic carbocycles. The average Bonchev–Trinajstić information content (AvgIpc) is 2.26. The highest BCUT2D eigenvalue weighted by molar-refractivity contribution is 9.09. The van der Waals surface area contributed by atoms with Crippen molar-refractivity contribution < 1.29 is 0 Å². The third kappa shape index (κ3) is 14.0. The number of halogens is 1. The van der Waals surface area contributed by atoms with E-state index in [1.165, 1.54) is 57.8 Å². The van der Waals surface area contributed by atoms with E-state index >= 15 is 0 Å². The summed E-state index contributed by atoms with van der Waals surface area (Å²) in [5.74, 6) is 6.20. The molecule has 0 aliphatic heterocycles. The fraction of sp³-hybridized carbons (Fsp3) is 0.857. The summed E-state index contributed by atoms with van der Waals surface area (Å²) in [7, 11) is 0. The van der Waals surface area contributed by atoms with Gasteiger partial charge in [-0.15, -0.1) is 5.92 Å². The molecule has 0 aliphatic rings. The van der Waals surface area contributed by atoms with E-state index in [-0.39, 0.29) is 0 Å².